The van der Waals surface area contributed by atoms with Crippen LogP contribution in [0.25, 0.3) is 0 Å². The van der Waals surface area contributed by atoms with Crippen LogP contribution in [0, 0.1) is 12.8 Å². The monoisotopic (exact) mass is 291 g/mol. The van der Waals surface area contributed by atoms with E-state index in [1.54, 1.807) is 0 Å². The second-order valence-electron chi connectivity index (χ2n) is 5.69. The highest BCUT2D eigenvalue weighted by atomic mass is 16.2. The molecule has 0 aliphatic rings. The average molecular weight is 291 g/mol. The van der Waals surface area contributed by atoms with E-state index >= 15 is 0 Å². The van der Waals surface area contributed by atoms with Crippen molar-refractivity contribution in [2.24, 2.45) is 11.7 Å². The number of aryl methyl sites for hydroxylation is 1. The Morgan fingerprint density at radius 2 is 1.71 bits per heavy atom. The maximum absolute atomic E-state index is 11.8. The van der Waals surface area contributed by atoms with Crippen LogP contribution in [-0.4, -0.2) is 24.4 Å². The summed E-state index contributed by atoms with van der Waals surface area (Å²) >= 11 is 0. The maximum atomic E-state index is 11.8. The number of benzene rings is 1. The van der Waals surface area contributed by atoms with E-state index < -0.39 is 6.04 Å². The van der Waals surface area contributed by atoms with Crippen LogP contribution in [0.15, 0.2) is 24.3 Å². The fraction of sp³-hybridized carbons (Fsp3) is 0.500. The first-order chi connectivity index (χ1) is 9.81. The molecule has 0 aliphatic heterocycles. The molecule has 1 rings (SSSR count). The Kier molecular flexibility index (Phi) is 6.37. The summed E-state index contributed by atoms with van der Waals surface area (Å²) in [4.78, 5) is 23.5. The van der Waals surface area contributed by atoms with Crippen LogP contribution in [0.4, 0.5) is 0 Å². The second-order valence-corrected chi connectivity index (χ2v) is 5.69. The number of rotatable bonds is 6. The van der Waals surface area contributed by atoms with Crippen LogP contribution < -0.4 is 16.4 Å². The lowest BCUT2D eigenvalue weighted by Crippen LogP contribution is -2.47. The van der Waals surface area contributed by atoms with Crippen LogP contribution in [-0.2, 0) is 9.59 Å². The minimum Gasteiger partial charge on any atom is -0.348 e. The average Bonchev–Trinajstić information content (AvgIpc) is 2.44. The molecule has 0 heterocycles. The van der Waals surface area contributed by atoms with E-state index in [-0.39, 0.29) is 30.3 Å². The highest BCUT2D eigenvalue weighted by Crippen LogP contribution is 2.12. The van der Waals surface area contributed by atoms with E-state index in [4.69, 9.17) is 5.73 Å². The summed E-state index contributed by atoms with van der Waals surface area (Å²) in [6.45, 7) is 7.59. The Morgan fingerprint density at radius 3 is 2.24 bits per heavy atom. The number of nitrogens with two attached hydrogens (primary N) is 1. The number of carbonyl (C=O) groups excluding carboxylic acids is 2. The van der Waals surface area contributed by atoms with E-state index in [1.165, 1.54) is 5.56 Å². The summed E-state index contributed by atoms with van der Waals surface area (Å²) in [6.07, 6.45) is 0. The number of hydrogen-bond donors (Lipinski definition) is 3. The van der Waals surface area contributed by atoms with Gasteiger partial charge in [-0.3, -0.25) is 9.59 Å². The van der Waals surface area contributed by atoms with Crippen molar-refractivity contribution < 1.29 is 9.59 Å². The molecular weight excluding hydrogens is 266 g/mol. The number of amides is 2. The quantitative estimate of drug-likeness (QED) is 0.738. The van der Waals surface area contributed by atoms with E-state index in [0.717, 1.165) is 5.56 Å². The number of hydrogen-bond acceptors (Lipinski definition) is 3. The first-order valence-electron chi connectivity index (χ1n) is 7.20. The Hall–Kier alpha value is -1.88. The van der Waals surface area contributed by atoms with Crippen molar-refractivity contribution in [3.63, 3.8) is 0 Å². The first kappa shape index (κ1) is 17.2. The van der Waals surface area contributed by atoms with E-state index in [1.807, 2.05) is 52.0 Å². The van der Waals surface area contributed by atoms with Crippen molar-refractivity contribution >= 4 is 11.8 Å². The van der Waals surface area contributed by atoms with Crippen molar-refractivity contribution in [2.45, 2.75) is 39.8 Å². The third-order valence-electron chi connectivity index (χ3n) is 3.40. The van der Waals surface area contributed by atoms with E-state index in [0.29, 0.717) is 0 Å². The van der Waals surface area contributed by atoms with Gasteiger partial charge >= 0.3 is 0 Å². The van der Waals surface area contributed by atoms with Gasteiger partial charge in [0, 0.05) is 0 Å². The zero-order chi connectivity index (χ0) is 16.0. The summed E-state index contributed by atoms with van der Waals surface area (Å²) in [5, 5.41) is 5.40. The van der Waals surface area contributed by atoms with Crippen molar-refractivity contribution in [1.29, 1.82) is 0 Å². The van der Waals surface area contributed by atoms with Crippen LogP contribution in [0.3, 0.4) is 0 Å². The van der Waals surface area contributed by atoms with Crippen molar-refractivity contribution in [2.75, 3.05) is 6.54 Å². The van der Waals surface area contributed by atoms with Gasteiger partial charge in [0.15, 0.2) is 0 Å². The summed E-state index contributed by atoms with van der Waals surface area (Å²) in [5.41, 5.74) is 7.91. The summed E-state index contributed by atoms with van der Waals surface area (Å²) < 4.78 is 0. The molecule has 0 bridgehead atoms. The molecule has 21 heavy (non-hydrogen) atoms. The topological polar surface area (TPSA) is 84.2 Å². The predicted molar refractivity (Wildman–Crippen MR) is 83.6 cm³/mol. The van der Waals surface area contributed by atoms with Gasteiger partial charge in [0.1, 0.15) is 0 Å². The minimum absolute atomic E-state index is 0.0412. The standard InChI is InChI=1S/C16H25N3O2/c1-10(2)15(17)16(21)18-9-14(20)19-12(4)13-7-5-11(3)6-8-13/h5-8,10,12,15H,9,17H2,1-4H3,(H,18,21)(H,19,20)/t12-,15+/m1/s1. The van der Waals surface area contributed by atoms with Crippen LogP contribution in [0.5, 0.6) is 0 Å². The fourth-order valence-corrected chi connectivity index (χ4v) is 1.82. The van der Waals surface area contributed by atoms with Gasteiger partial charge < -0.3 is 16.4 Å². The SMILES string of the molecule is Cc1ccc([C@@H](C)NC(=O)CNC(=O)[C@@H](N)C(C)C)cc1. The van der Waals surface area contributed by atoms with Gasteiger partial charge in [0.25, 0.3) is 0 Å². The van der Waals surface area contributed by atoms with Crippen molar-refractivity contribution in [1.82, 2.24) is 10.6 Å². The van der Waals surface area contributed by atoms with Gasteiger partial charge in [-0.2, -0.15) is 0 Å². The third kappa shape index (κ3) is 5.55. The molecule has 0 spiro atoms. The number of nitrogens with one attached hydrogen (secondary N) is 2. The molecular formula is C16H25N3O2. The first-order valence-corrected chi connectivity index (χ1v) is 7.20. The second kappa shape index (κ2) is 7.78. The molecule has 1 aromatic carbocycles. The van der Waals surface area contributed by atoms with Crippen LogP contribution in [0.2, 0.25) is 0 Å². The summed E-state index contributed by atoms with van der Waals surface area (Å²) in [5.74, 6) is -0.491. The Labute approximate surface area is 126 Å². The molecule has 2 amide bonds. The van der Waals surface area contributed by atoms with Crippen molar-refractivity contribution in [3.8, 4) is 0 Å². The molecule has 1 aromatic rings. The van der Waals surface area contributed by atoms with E-state index in [9.17, 15) is 9.59 Å². The van der Waals surface area contributed by atoms with Gasteiger partial charge in [-0.1, -0.05) is 43.7 Å². The molecule has 0 aromatic heterocycles. The molecule has 4 N–H and O–H groups in total. The Morgan fingerprint density at radius 1 is 1.14 bits per heavy atom. The highest BCUT2D eigenvalue weighted by Gasteiger charge is 2.18. The molecule has 5 heteroatoms. The molecule has 2 atom stereocenters. The van der Waals surface area contributed by atoms with Gasteiger partial charge in [-0.25, -0.2) is 0 Å². The third-order valence-corrected chi connectivity index (χ3v) is 3.40. The summed E-state index contributed by atoms with van der Waals surface area (Å²) in [6, 6.07) is 7.27. The lowest BCUT2D eigenvalue weighted by molar-refractivity contribution is -0.127. The summed E-state index contributed by atoms with van der Waals surface area (Å²) in [7, 11) is 0. The molecule has 0 saturated carbocycles. The predicted octanol–water partition coefficient (Wildman–Crippen LogP) is 1.27. The molecule has 0 fully saturated rings. The maximum Gasteiger partial charge on any atom is 0.239 e. The van der Waals surface area contributed by atoms with Crippen LogP contribution >= 0.6 is 0 Å². The molecule has 116 valence electrons. The van der Waals surface area contributed by atoms with E-state index in [2.05, 4.69) is 10.6 Å². The Balaban J connectivity index is 2.43. The van der Waals surface area contributed by atoms with Gasteiger partial charge in [0.2, 0.25) is 11.8 Å². The van der Waals surface area contributed by atoms with Gasteiger partial charge in [0.05, 0.1) is 18.6 Å². The smallest absolute Gasteiger partial charge is 0.239 e. The van der Waals surface area contributed by atoms with Crippen LogP contribution in [0.1, 0.15) is 37.9 Å². The molecule has 0 saturated heterocycles. The largest absolute Gasteiger partial charge is 0.348 e. The highest BCUT2D eigenvalue weighted by molar-refractivity contribution is 5.87. The lowest BCUT2D eigenvalue weighted by Gasteiger charge is -2.17. The van der Waals surface area contributed by atoms with Gasteiger partial charge in [-0.15, -0.1) is 0 Å². The zero-order valence-electron chi connectivity index (χ0n) is 13.1. The number of carbonyl (C=O) groups is 2. The lowest BCUT2D eigenvalue weighted by atomic mass is 10.1. The molecule has 0 radical (unpaired) electrons. The fourth-order valence-electron chi connectivity index (χ4n) is 1.82. The molecule has 0 unspecified atom stereocenters. The van der Waals surface area contributed by atoms with Gasteiger partial charge in [-0.05, 0) is 25.3 Å². The molecule has 5 nitrogen and oxygen atoms in total. The normalized spacial score (nSPS) is 13.6. The Bertz CT molecular complexity index is 483. The minimum atomic E-state index is -0.590. The molecule has 0 aliphatic carbocycles. The zero-order valence-corrected chi connectivity index (χ0v) is 13.1. The van der Waals surface area contributed by atoms with Crippen molar-refractivity contribution in [3.05, 3.63) is 35.4 Å².